The van der Waals surface area contributed by atoms with Crippen LogP contribution in [0.4, 0.5) is 17.1 Å². The molecule has 1 aromatic heterocycles. The van der Waals surface area contributed by atoms with Gasteiger partial charge in [0.2, 0.25) is 0 Å². The summed E-state index contributed by atoms with van der Waals surface area (Å²) in [4.78, 5) is 35.2. The van der Waals surface area contributed by atoms with Gasteiger partial charge in [-0.3, -0.25) is 9.59 Å². The van der Waals surface area contributed by atoms with Crippen LogP contribution in [0.15, 0.2) is 30.7 Å². The van der Waals surface area contributed by atoms with Crippen LogP contribution in [0.25, 0.3) is 4.85 Å². The standard InChI is InChI=1S/C17H15N5O2/c1-10(23)16-13(8-19-9-20-16)17(24)22-14-6-5-12(18-2)7-15(14)21-11-3-4-11/h5-9,11,21H,3-4H2,1H3,(H,22,24). The van der Waals surface area contributed by atoms with E-state index in [0.29, 0.717) is 23.1 Å². The number of Topliss-reactive ketones (excluding diaryl/α,β-unsaturated/α-hetero) is 1. The fraction of sp³-hybridized carbons (Fsp3) is 0.235. The van der Waals surface area contributed by atoms with Crippen molar-refractivity contribution in [2.45, 2.75) is 25.8 Å². The maximum absolute atomic E-state index is 12.5. The molecule has 7 heteroatoms. The summed E-state index contributed by atoms with van der Waals surface area (Å²) in [6.45, 7) is 8.47. The molecule has 3 rings (SSSR count). The zero-order valence-corrected chi connectivity index (χ0v) is 13.0. The molecule has 1 fully saturated rings. The number of amides is 1. The third-order valence-corrected chi connectivity index (χ3v) is 3.61. The number of hydrogen-bond acceptors (Lipinski definition) is 5. The summed E-state index contributed by atoms with van der Waals surface area (Å²) in [5, 5.41) is 6.07. The monoisotopic (exact) mass is 321 g/mol. The van der Waals surface area contributed by atoms with Crippen LogP contribution in [0.3, 0.4) is 0 Å². The molecule has 24 heavy (non-hydrogen) atoms. The number of nitrogens with one attached hydrogen (secondary N) is 2. The van der Waals surface area contributed by atoms with Gasteiger partial charge in [0.15, 0.2) is 11.5 Å². The highest BCUT2D eigenvalue weighted by Crippen LogP contribution is 2.32. The first-order valence-corrected chi connectivity index (χ1v) is 7.49. The van der Waals surface area contributed by atoms with Crippen molar-refractivity contribution >= 4 is 28.8 Å². The van der Waals surface area contributed by atoms with E-state index in [2.05, 4.69) is 25.4 Å². The van der Waals surface area contributed by atoms with Crippen LogP contribution in [-0.2, 0) is 0 Å². The molecule has 1 aliphatic carbocycles. The van der Waals surface area contributed by atoms with E-state index in [1.54, 1.807) is 18.2 Å². The van der Waals surface area contributed by atoms with Crippen molar-refractivity contribution in [3.05, 3.63) is 53.4 Å². The topological polar surface area (TPSA) is 88.3 Å². The molecule has 0 bridgehead atoms. The largest absolute Gasteiger partial charge is 0.382 e. The summed E-state index contributed by atoms with van der Waals surface area (Å²) in [5.41, 5.74) is 1.94. The lowest BCUT2D eigenvalue weighted by Crippen LogP contribution is -2.18. The minimum Gasteiger partial charge on any atom is -0.382 e. The molecular weight excluding hydrogens is 306 g/mol. The van der Waals surface area contributed by atoms with Gasteiger partial charge in [-0.25, -0.2) is 14.8 Å². The minimum absolute atomic E-state index is 0.0805. The van der Waals surface area contributed by atoms with Crippen LogP contribution in [-0.4, -0.2) is 27.7 Å². The Balaban J connectivity index is 1.89. The second kappa shape index (κ2) is 6.46. The van der Waals surface area contributed by atoms with Crippen LogP contribution >= 0.6 is 0 Å². The first-order chi connectivity index (χ1) is 11.6. The maximum atomic E-state index is 12.5. The molecule has 7 nitrogen and oxygen atoms in total. The van der Waals surface area contributed by atoms with Gasteiger partial charge < -0.3 is 10.6 Å². The Hall–Kier alpha value is -3.27. The molecule has 0 aliphatic heterocycles. The number of carbonyl (C=O) groups excluding carboxylic acids is 2. The van der Waals surface area contributed by atoms with Gasteiger partial charge in [0.25, 0.3) is 5.91 Å². The molecule has 0 unspecified atom stereocenters. The van der Waals surface area contributed by atoms with Gasteiger partial charge in [-0.15, -0.1) is 0 Å². The number of carbonyl (C=O) groups is 2. The summed E-state index contributed by atoms with van der Waals surface area (Å²) in [6, 6.07) is 5.38. The number of aromatic nitrogens is 2. The Morgan fingerprint density at radius 1 is 1.29 bits per heavy atom. The molecular formula is C17H15N5O2. The minimum atomic E-state index is -0.463. The van der Waals surface area contributed by atoms with Crippen molar-refractivity contribution in [1.29, 1.82) is 0 Å². The number of anilines is 2. The Labute approximate surface area is 139 Å². The number of hydrogen-bond donors (Lipinski definition) is 2. The fourth-order valence-electron chi connectivity index (χ4n) is 2.24. The second-order valence-corrected chi connectivity index (χ2v) is 5.56. The van der Waals surface area contributed by atoms with Crippen molar-refractivity contribution in [3.63, 3.8) is 0 Å². The van der Waals surface area contributed by atoms with Crippen LogP contribution in [0.1, 0.15) is 40.6 Å². The Morgan fingerprint density at radius 3 is 2.75 bits per heavy atom. The normalized spacial score (nSPS) is 13.0. The van der Waals surface area contributed by atoms with E-state index >= 15 is 0 Å². The lowest BCUT2D eigenvalue weighted by Gasteiger charge is -2.14. The summed E-state index contributed by atoms with van der Waals surface area (Å²) in [7, 11) is 0. The summed E-state index contributed by atoms with van der Waals surface area (Å²) < 4.78 is 0. The molecule has 0 radical (unpaired) electrons. The summed E-state index contributed by atoms with van der Waals surface area (Å²) >= 11 is 0. The molecule has 1 aromatic carbocycles. The molecule has 120 valence electrons. The highest BCUT2D eigenvalue weighted by molar-refractivity contribution is 6.12. The van der Waals surface area contributed by atoms with Gasteiger partial charge in [-0.05, 0) is 25.0 Å². The van der Waals surface area contributed by atoms with Crippen LogP contribution in [0.2, 0.25) is 0 Å². The number of benzene rings is 1. The molecule has 2 aromatic rings. The fourth-order valence-corrected chi connectivity index (χ4v) is 2.24. The predicted molar refractivity (Wildman–Crippen MR) is 89.3 cm³/mol. The number of nitrogens with zero attached hydrogens (tertiary/aromatic N) is 3. The van der Waals surface area contributed by atoms with Gasteiger partial charge >= 0.3 is 0 Å². The van der Waals surface area contributed by atoms with Crippen molar-refractivity contribution in [2.24, 2.45) is 0 Å². The van der Waals surface area contributed by atoms with Crippen molar-refractivity contribution < 1.29 is 9.59 Å². The lowest BCUT2D eigenvalue weighted by molar-refractivity contribution is 0.0981. The van der Waals surface area contributed by atoms with Gasteiger partial charge in [0.1, 0.15) is 12.0 Å². The van der Waals surface area contributed by atoms with Crippen LogP contribution in [0.5, 0.6) is 0 Å². The molecule has 0 spiro atoms. The van der Waals surface area contributed by atoms with Crippen LogP contribution < -0.4 is 10.6 Å². The molecule has 1 saturated carbocycles. The zero-order chi connectivity index (χ0) is 17.1. The first kappa shape index (κ1) is 15.6. The number of rotatable bonds is 5. The van der Waals surface area contributed by atoms with Gasteiger partial charge in [-0.2, -0.15) is 0 Å². The Morgan fingerprint density at radius 2 is 2.08 bits per heavy atom. The molecule has 0 saturated heterocycles. The third-order valence-electron chi connectivity index (χ3n) is 3.61. The van der Waals surface area contributed by atoms with E-state index in [1.165, 1.54) is 19.4 Å². The SMILES string of the molecule is [C-]#[N+]c1ccc(NC(=O)c2cncnc2C(C)=O)c(NC2CC2)c1. The van der Waals surface area contributed by atoms with Crippen molar-refractivity contribution in [3.8, 4) is 0 Å². The summed E-state index contributed by atoms with van der Waals surface area (Å²) in [6.07, 6.45) is 4.69. The van der Waals surface area contributed by atoms with E-state index in [-0.39, 0.29) is 17.0 Å². The molecule has 0 atom stereocenters. The van der Waals surface area contributed by atoms with Crippen LogP contribution in [0, 0.1) is 6.57 Å². The Bertz CT molecular complexity index is 852. The maximum Gasteiger partial charge on any atom is 0.259 e. The predicted octanol–water partition coefficient (Wildman–Crippen LogP) is 3.06. The molecule has 1 heterocycles. The van der Waals surface area contributed by atoms with Crippen molar-refractivity contribution in [1.82, 2.24) is 9.97 Å². The second-order valence-electron chi connectivity index (χ2n) is 5.56. The highest BCUT2D eigenvalue weighted by atomic mass is 16.2. The van der Waals surface area contributed by atoms with E-state index < -0.39 is 5.91 Å². The van der Waals surface area contributed by atoms with E-state index in [0.717, 1.165) is 12.8 Å². The summed E-state index contributed by atoms with van der Waals surface area (Å²) in [5.74, 6) is -0.766. The average Bonchev–Trinajstić information content (AvgIpc) is 3.40. The zero-order valence-electron chi connectivity index (χ0n) is 13.0. The highest BCUT2D eigenvalue weighted by Gasteiger charge is 2.23. The van der Waals surface area contributed by atoms with E-state index in [4.69, 9.17) is 6.57 Å². The molecule has 1 aliphatic rings. The van der Waals surface area contributed by atoms with Gasteiger partial charge in [0.05, 0.1) is 17.8 Å². The van der Waals surface area contributed by atoms with E-state index in [9.17, 15) is 9.59 Å². The third kappa shape index (κ3) is 3.38. The number of ketones is 1. The molecule has 1 amide bonds. The first-order valence-electron chi connectivity index (χ1n) is 7.49. The van der Waals surface area contributed by atoms with E-state index in [1.807, 2.05) is 0 Å². The van der Waals surface area contributed by atoms with Crippen molar-refractivity contribution in [2.75, 3.05) is 10.6 Å². The van der Waals surface area contributed by atoms with Gasteiger partial charge in [0, 0.05) is 24.8 Å². The lowest BCUT2D eigenvalue weighted by atomic mass is 10.1. The Kier molecular flexibility index (Phi) is 4.20. The molecule has 2 N–H and O–H groups in total. The average molecular weight is 321 g/mol. The quantitative estimate of drug-likeness (QED) is 0.652. The smallest absolute Gasteiger partial charge is 0.259 e. The van der Waals surface area contributed by atoms with Gasteiger partial charge in [-0.1, -0.05) is 6.07 Å².